The van der Waals surface area contributed by atoms with E-state index in [9.17, 15) is 31.0 Å². The lowest BCUT2D eigenvalue weighted by atomic mass is 10.1. The minimum atomic E-state index is -5.07. The summed E-state index contributed by atoms with van der Waals surface area (Å²) in [5.41, 5.74) is -1.65. The molecule has 0 aliphatic carbocycles. The number of nitrogens with zero attached hydrogens (tertiary/aromatic N) is 2. The van der Waals surface area contributed by atoms with Gasteiger partial charge in [0.2, 0.25) is 12.2 Å². The maximum absolute atomic E-state index is 11.4. The van der Waals surface area contributed by atoms with Gasteiger partial charge in [-0.2, -0.15) is 26.8 Å². The molecule has 1 aromatic carbocycles. The quantitative estimate of drug-likeness (QED) is 0.349. The molecule has 10 nitrogen and oxygen atoms in total. The maximum atomic E-state index is 11.4. The second-order valence-corrected chi connectivity index (χ2v) is 7.02. The van der Waals surface area contributed by atoms with Gasteiger partial charge in [-0.3, -0.25) is 4.55 Å². The van der Waals surface area contributed by atoms with Crippen LogP contribution in [0.4, 0.5) is 11.4 Å². The van der Waals surface area contributed by atoms with E-state index in [-0.39, 0.29) is 5.56 Å². The van der Waals surface area contributed by atoms with Gasteiger partial charge in [-0.15, -0.1) is 0 Å². The lowest BCUT2D eigenvalue weighted by Gasteiger charge is -2.11. The van der Waals surface area contributed by atoms with Crippen LogP contribution in [0.3, 0.4) is 0 Å². The molecule has 0 amide bonds. The smallest absolute Gasteiger partial charge is 0.369 e. The SMILES string of the molecule is Cc1cc(OS(=O)(=O)Cl)c(N=C=O)c(S(=O)(=O)O)c1N=C=O. The Hall–Kier alpha value is -2.07. The van der Waals surface area contributed by atoms with E-state index in [1.165, 1.54) is 6.92 Å². The molecule has 0 unspecified atom stereocenters. The van der Waals surface area contributed by atoms with E-state index >= 15 is 0 Å². The van der Waals surface area contributed by atoms with Gasteiger partial charge in [0.15, 0.2) is 10.6 Å². The first-order valence-electron chi connectivity index (χ1n) is 4.96. The molecule has 0 atom stereocenters. The van der Waals surface area contributed by atoms with Crippen LogP contribution in [0.15, 0.2) is 20.9 Å². The second-order valence-electron chi connectivity index (χ2n) is 3.58. The average molecular weight is 369 g/mol. The minimum Gasteiger partial charge on any atom is -0.369 e. The highest BCUT2D eigenvalue weighted by Gasteiger charge is 2.28. The van der Waals surface area contributed by atoms with Gasteiger partial charge in [0, 0.05) is 0 Å². The Morgan fingerprint density at radius 3 is 2.05 bits per heavy atom. The van der Waals surface area contributed by atoms with Crippen molar-refractivity contribution in [2.45, 2.75) is 11.8 Å². The Morgan fingerprint density at radius 1 is 1.14 bits per heavy atom. The third-order valence-corrected chi connectivity index (χ3v) is 3.62. The number of hydrogen-bond acceptors (Lipinski definition) is 9. The molecular formula is C9H5ClN2O8S2. The number of halogens is 1. The largest absolute Gasteiger partial charge is 0.401 e. The van der Waals surface area contributed by atoms with Crippen molar-refractivity contribution in [2.75, 3.05) is 0 Å². The van der Waals surface area contributed by atoms with Gasteiger partial charge < -0.3 is 4.18 Å². The molecule has 0 spiro atoms. The molecule has 1 N–H and O–H groups in total. The van der Waals surface area contributed by atoms with Crippen molar-refractivity contribution in [2.24, 2.45) is 9.98 Å². The molecule has 0 heterocycles. The summed E-state index contributed by atoms with van der Waals surface area (Å²) in [5.74, 6) is -0.784. The molecule has 0 saturated heterocycles. The van der Waals surface area contributed by atoms with E-state index in [0.717, 1.165) is 18.2 Å². The molecule has 0 aromatic heterocycles. The van der Waals surface area contributed by atoms with E-state index < -0.39 is 41.5 Å². The van der Waals surface area contributed by atoms with Gasteiger partial charge in [-0.05, 0) is 18.6 Å². The summed E-state index contributed by atoms with van der Waals surface area (Å²) < 4.78 is 58.2. The molecule has 13 heteroatoms. The highest BCUT2D eigenvalue weighted by atomic mass is 35.7. The van der Waals surface area contributed by atoms with Crippen LogP contribution in [0.2, 0.25) is 0 Å². The molecule has 0 radical (unpaired) electrons. The molecule has 118 valence electrons. The highest BCUT2D eigenvalue weighted by Crippen LogP contribution is 2.43. The van der Waals surface area contributed by atoms with Crippen LogP contribution in [0, 0.1) is 6.92 Å². The van der Waals surface area contributed by atoms with Crippen molar-refractivity contribution in [3.8, 4) is 5.75 Å². The van der Waals surface area contributed by atoms with Gasteiger partial charge in [0.25, 0.3) is 10.1 Å². The number of isocyanates is 2. The van der Waals surface area contributed by atoms with Crippen LogP contribution in [-0.4, -0.2) is 33.5 Å². The zero-order valence-electron chi connectivity index (χ0n) is 10.5. The monoisotopic (exact) mass is 368 g/mol. The molecule has 1 aromatic rings. The molecular weight excluding hydrogens is 364 g/mol. The van der Waals surface area contributed by atoms with Crippen LogP contribution in [0.5, 0.6) is 5.75 Å². The number of hydrogen-bond donors (Lipinski definition) is 1. The summed E-state index contributed by atoms with van der Waals surface area (Å²) >= 11 is 0. The highest BCUT2D eigenvalue weighted by molar-refractivity contribution is 8.10. The topological polar surface area (TPSA) is 157 Å². The summed E-state index contributed by atoms with van der Waals surface area (Å²) in [4.78, 5) is 25.7. The fourth-order valence-electron chi connectivity index (χ4n) is 1.49. The number of rotatable bonds is 5. The Morgan fingerprint density at radius 2 is 1.64 bits per heavy atom. The van der Waals surface area contributed by atoms with Crippen LogP contribution in [0.25, 0.3) is 0 Å². The third-order valence-electron chi connectivity index (χ3n) is 2.15. The minimum absolute atomic E-state index is 0.101. The molecule has 0 saturated carbocycles. The lowest BCUT2D eigenvalue weighted by molar-refractivity contribution is 0.480. The summed E-state index contributed by atoms with van der Waals surface area (Å²) in [7, 11) is -4.82. The molecule has 22 heavy (non-hydrogen) atoms. The molecule has 0 fully saturated rings. The Labute approximate surface area is 128 Å². The first-order chi connectivity index (χ1) is 10.0. The predicted octanol–water partition coefficient (Wildman–Crippen LogP) is 1.04. The van der Waals surface area contributed by atoms with Gasteiger partial charge >= 0.3 is 9.33 Å². The fraction of sp³-hybridized carbons (Fsp3) is 0.111. The van der Waals surface area contributed by atoms with E-state index in [2.05, 4.69) is 14.2 Å². The Balaban J connectivity index is 4.04. The summed E-state index contributed by atoms with van der Waals surface area (Å²) in [6, 6.07) is 0.890. The van der Waals surface area contributed by atoms with Crippen molar-refractivity contribution in [3.63, 3.8) is 0 Å². The van der Waals surface area contributed by atoms with E-state index in [1.54, 1.807) is 0 Å². The first kappa shape index (κ1) is 18.0. The summed E-state index contributed by atoms with van der Waals surface area (Å²) in [6.45, 7) is 1.22. The molecule has 0 bridgehead atoms. The number of benzene rings is 1. The predicted molar refractivity (Wildman–Crippen MR) is 72.0 cm³/mol. The van der Waals surface area contributed by atoms with E-state index in [0.29, 0.717) is 0 Å². The zero-order chi connectivity index (χ0) is 17.1. The Bertz CT molecular complexity index is 925. The van der Waals surface area contributed by atoms with Crippen LogP contribution >= 0.6 is 10.7 Å². The molecule has 1 rings (SSSR count). The third kappa shape index (κ3) is 4.21. The maximum Gasteiger partial charge on any atom is 0.401 e. The van der Waals surface area contributed by atoms with E-state index in [4.69, 9.17) is 10.7 Å². The van der Waals surface area contributed by atoms with Crippen molar-refractivity contribution in [3.05, 3.63) is 11.6 Å². The van der Waals surface area contributed by atoms with Gasteiger partial charge in [-0.25, -0.2) is 9.59 Å². The lowest BCUT2D eigenvalue weighted by Crippen LogP contribution is -2.05. The molecule has 0 aliphatic rings. The van der Waals surface area contributed by atoms with Crippen molar-refractivity contribution < 1.29 is 35.2 Å². The van der Waals surface area contributed by atoms with Crippen LogP contribution in [-0.2, 0) is 29.0 Å². The van der Waals surface area contributed by atoms with Gasteiger partial charge in [0.05, 0.1) is 10.7 Å². The normalized spacial score (nSPS) is 11.2. The standard InChI is InChI=1S/C9H5ClN2O8S2/c1-5-2-6(20-22(10,18)19)8(12-4-14)9(21(15,16)17)7(5)11-3-13/h2H,1H3,(H,15,16,17). The number of aliphatic imine (C=N–C) groups is 2. The number of aryl methyl sites for hydroxylation is 1. The average Bonchev–Trinajstić information content (AvgIpc) is 2.31. The Kier molecular flexibility index (Phi) is 5.20. The number of carbonyl (C=O) groups excluding carboxylic acids is 2. The van der Waals surface area contributed by atoms with Crippen molar-refractivity contribution in [1.29, 1.82) is 0 Å². The van der Waals surface area contributed by atoms with E-state index in [1.807, 2.05) is 0 Å². The van der Waals surface area contributed by atoms with Crippen molar-refractivity contribution >= 4 is 53.7 Å². The van der Waals surface area contributed by atoms with Gasteiger partial charge in [-0.1, -0.05) is 0 Å². The van der Waals surface area contributed by atoms with Crippen LogP contribution in [0.1, 0.15) is 5.56 Å². The first-order valence-corrected chi connectivity index (χ1v) is 8.63. The van der Waals surface area contributed by atoms with Crippen molar-refractivity contribution in [1.82, 2.24) is 0 Å². The fourth-order valence-corrected chi connectivity index (χ4v) is 2.87. The summed E-state index contributed by atoms with van der Waals surface area (Å²) in [5, 5.41) is 0. The zero-order valence-corrected chi connectivity index (χ0v) is 12.9. The van der Waals surface area contributed by atoms with Gasteiger partial charge in [0.1, 0.15) is 11.4 Å². The molecule has 0 aliphatic heterocycles. The summed E-state index contributed by atoms with van der Waals surface area (Å²) in [6.07, 6.45) is 2.00. The van der Waals surface area contributed by atoms with Crippen LogP contribution < -0.4 is 4.18 Å². The second kappa shape index (κ2) is 6.36.